The number of nitrogens with one attached hydrogen (secondary N) is 1. The Hall–Kier alpha value is -2.31. The van der Waals surface area contributed by atoms with E-state index in [1.165, 1.54) is 25.7 Å². The number of rotatable bonds is 7. The second-order valence-corrected chi connectivity index (χ2v) is 9.82. The van der Waals surface area contributed by atoms with Crippen LogP contribution in [0.3, 0.4) is 0 Å². The van der Waals surface area contributed by atoms with Gasteiger partial charge in [-0.15, -0.1) is 10.2 Å². The maximum atomic E-state index is 12.5. The second-order valence-electron chi connectivity index (χ2n) is 6.68. The quantitative estimate of drug-likeness (QED) is 0.709. The van der Waals surface area contributed by atoms with Crippen LogP contribution >= 0.6 is 11.3 Å². The zero-order chi connectivity index (χ0) is 19.3. The van der Waals surface area contributed by atoms with E-state index >= 15 is 0 Å². The van der Waals surface area contributed by atoms with E-state index in [0.717, 1.165) is 17.8 Å². The molecule has 27 heavy (non-hydrogen) atoms. The van der Waals surface area contributed by atoms with Crippen LogP contribution in [0.2, 0.25) is 0 Å². The van der Waals surface area contributed by atoms with E-state index in [2.05, 4.69) is 15.5 Å². The van der Waals surface area contributed by atoms with Gasteiger partial charge in [-0.05, 0) is 30.0 Å². The molecule has 3 rings (SSSR count). The van der Waals surface area contributed by atoms with Crippen molar-refractivity contribution in [2.24, 2.45) is 5.92 Å². The van der Waals surface area contributed by atoms with Crippen molar-refractivity contribution in [1.29, 1.82) is 5.26 Å². The van der Waals surface area contributed by atoms with E-state index in [1.807, 2.05) is 6.07 Å². The van der Waals surface area contributed by atoms with Gasteiger partial charge in [0, 0.05) is 6.42 Å². The summed E-state index contributed by atoms with van der Waals surface area (Å²) in [5, 5.41) is 19.1. The van der Waals surface area contributed by atoms with Crippen LogP contribution in [0.15, 0.2) is 28.6 Å². The first-order valence-electron chi connectivity index (χ1n) is 8.81. The summed E-state index contributed by atoms with van der Waals surface area (Å²) in [5.41, 5.74) is 1.03. The SMILES string of the molecule is N#Cc1ccc(CS(=O)(=O)c2nnc(NC(=O)CCC3CCCC3)s2)cc1. The molecule has 1 fully saturated rings. The average Bonchev–Trinajstić information content (AvgIpc) is 3.32. The lowest BCUT2D eigenvalue weighted by Gasteiger charge is -2.07. The number of amides is 1. The molecule has 1 aliphatic carbocycles. The summed E-state index contributed by atoms with van der Waals surface area (Å²) in [6, 6.07) is 8.33. The summed E-state index contributed by atoms with van der Waals surface area (Å²) >= 11 is 0.859. The molecule has 0 atom stereocenters. The molecule has 0 radical (unpaired) electrons. The minimum atomic E-state index is -3.66. The lowest BCUT2D eigenvalue weighted by molar-refractivity contribution is -0.116. The molecule has 1 N–H and O–H groups in total. The molecular formula is C18H20N4O3S2. The highest BCUT2D eigenvalue weighted by molar-refractivity contribution is 7.92. The Labute approximate surface area is 162 Å². The monoisotopic (exact) mass is 404 g/mol. The first kappa shape index (κ1) is 19.5. The fourth-order valence-electron chi connectivity index (χ4n) is 3.16. The van der Waals surface area contributed by atoms with Gasteiger partial charge in [0.2, 0.25) is 25.2 Å². The molecule has 1 amide bonds. The van der Waals surface area contributed by atoms with Crippen LogP contribution in [0.1, 0.15) is 49.7 Å². The van der Waals surface area contributed by atoms with E-state index in [0.29, 0.717) is 23.5 Å². The third-order valence-electron chi connectivity index (χ3n) is 4.61. The largest absolute Gasteiger partial charge is 0.301 e. The Morgan fingerprint density at radius 2 is 1.93 bits per heavy atom. The smallest absolute Gasteiger partial charge is 0.234 e. The molecule has 1 heterocycles. The third-order valence-corrected chi connectivity index (χ3v) is 7.59. The molecule has 0 saturated heterocycles. The van der Waals surface area contributed by atoms with Gasteiger partial charge in [0.15, 0.2) is 0 Å². The van der Waals surface area contributed by atoms with Crippen molar-refractivity contribution in [3.05, 3.63) is 35.4 Å². The molecular weight excluding hydrogens is 384 g/mol. The van der Waals surface area contributed by atoms with E-state index in [-0.39, 0.29) is 21.1 Å². The summed E-state index contributed by atoms with van der Waals surface area (Å²) in [5.74, 6) is 0.228. The van der Waals surface area contributed by atoms with Crippen LogP contribution in [0.4, 0.5) is 5.13 Å². The Balaban J connectivity index is 1.58. The van der Waals surface area contributed by atoms with Crippen molar-refractivity contribution in [2.45, 2.75) is 48.6 Å². The Kier molecular flexibility index (Phi) is 6.19. The molecule has 0 aliphatic heterocycles. The van der Waals surface area contributed by atoms with E-state index in [4.69, 9.17) is 5.26 Å². The predicted molar refractivity (Wildman–Crippen MR) is 102 cm³/mol. The van der Waals surface area contributed by atoms with Crippen LogP contribution < -0.4 is 5.32 Å². The molecule has 2 aromatic rings. The summed E-state index contributed by atoms with van der Waals surface area (Å²) in [6.45, 7) is 0. The number of hydrogen-bond donors (Lipinski definition) is 1. The molecule has 1 aromatic carbocycles. The standard InChI is InChI=1S/C18H20N4O3S2/c19-11-14-5-7-15(8-6-14)12-27(24,25)18-22-21-17(26-18)20-16(23)10-9-13-3-1-2-4-13/h5-8,13H,1-4,9-10,12H2,(H,20,21,23). The van der Waals surface area contributed by atoms with Gasteiger partial charge in [-0.1, -0.05) is 49.2 Å². The van der Waals surface area contributed by atoms with E-state index in [9.17, 15) is 13.2 Å². The average molecular weight is 405 g/mol. The summed E-state index contributed by atoms with van der Waals surface area (Å²) in [7, 11) is -3.66. The highest BCUT2D eigenvalue weighted by atomic mass is 32.2. The number of carbonyl (C=O) groups excluding carboxylic acids is 1. The third kappa shape index (κ3) is 5.34. The van der Waals surface area contributed by atoms with Crippen molar-refractivity contribution in [3.63, 3.8) is 0 Å². The van der Waals surface area contributed by atoms with Crippen molar-refractivity contribution < 1.29 is 13.2 Å². The van der Waals surface area contributed by atoms with Gasteiger partial charge >= 0.3 is 0 Å². The lowest BCUT2D eigenvalue weighted by atomic mass is 10.0. The predicted octanol–water partition coefficient (Wildman–Crippen LogP) is 3.29. The van der Waals surface area contributed by atoms with E-state index in [1.54, 1.807) is 24.3 Å². The van der Waals surface area contributed by atoms with Gasteiger partial charge in [-0.25, -0.2) is 8.42 Å². The van der Waals surface area contributed by atoms with Crippen molar-refractivity contribution in [1.82, 2.24) is 10.2 Å². The normalized spacial score (nSPS) is 14.8. The zero-order valence-electron chi connectivity index (χ0n) is 14.7. The molecule has 0 bridgehead atoms. The highest BCUT2D eigenvalue weighted by Crippen LogP contribution is 2.29. The van der Waals surface area contributed by atoms with Gasteiger partial charge in [-0.2, -0.15) is 5.26 Å². The number of hydrogen-bond acceptors (Lipinski definition) is 7. The highest BCUT2D eigenvalue weighted by Gasteiger charge is 2.22. The summed E-state index contributed by atoms with van der Waals surface area (Å²) < 4.78 is 24.8. The topological polar surface area (TPSA) is 113 Å². The minimum Gasteiger partial charge on any atom is -0.301 e. The summed E-state index contributed by atoms with van der Waals surface area (Å²) in [4.78, 5) is 12.0. The first-order chi connectivity index (χ1) is 13.0. The van der Waals surface area contributed by atoms with Crippen LogP contribution in [0.5, 0.6) is 0 Å². The molecule has 1 aliphatic rings. The Morgan fingerprint density at radius 1 is 1.22 bits per heavy atom. The van der Waals surface area contributed by atoms with Gasteiger partial charge in [-0.3, -0.25) is 4.79 Å². The Bertz CT molecular complexity index is 940. The van der Waals surface area contributed by atoms with Crippen molar-refractivity contribution in [3.8, 4) is 6.07 Å². The van der Waals surface area contributed by atoms with Crippen molar-refractivity contribution in [2.75, 3.05) is 5.32 Å². The lowest BCUT2D eigenvalue weighted by Crippen LogP contribution is -2.12. The van der Waals surface area contributed by atoms with Crippen LogP contribution in [-0.2, 0) is 20.4 Å². The Morgan fingerprint density at radius 3 is 2.59 bits per heavy atom. The number of sulfone groups is 1. The minimum absolute atomic E-state index is 0.127. The summed E-state index contributed by atoms with van der Waals surface area (Å²) in [6.07, 6.45) is 6.12. The number of nitrogens with zero attached hydrogens (tertiary/aromatic N) is 3. The first-order valence-corrected chi connectivity index (χ1v) is 11.3. The molecule has 0 unspecified atom stereocenters. The number of anilines is 1. The van der Waals surface area contributed by atoms with Crippen molar-refractivity contribution >= 4 is 32.2 Å². The number of benzene rings is 1. The van der Waals surface area contributed by atoms with E-state index < -0.39 is 9.84 Å². The van der Waals surface area contributed by atoms with Gasteiger partial charge < -0.3 is 5.32 Å². The van der Waals surface area contributed by atoms with Gasteiger partial charge in [0.25, 0.3) is 0 Å². The van der Waals surface area contributed by atoms with Crippen LogP contribution in [-0.4, -0.2) is 24.5 Å². The van der Waals surface area contributed by atoms with Crippen LogP contribution in [0.25, 0.3) is 0 Å². The fourth-order valence-corrected chi connectivity index (χ4v) is 5.49. The fraction of sp³-hybridized carbons (Fsp3) is 0.444. The molecule has 0 spiro atoms. The maximum absolute atomic E-state index is 12.5. The van der Waals surface area contributed by atoms with Gasteiger partial charge in [0.1, 0.15) is 0 Å². The molecule has 7 nitrogen and oxygen atoms in total. The number of carbonyl (C=O) groups is 1. The van der Waals surface area contributed by atoms with Crippen LogP contribution in [0, 0.1) is 17.2 Å². The number of aromatic nitrogens is 2. The van der Waals surface area contributed by atoms with Gasteiger partial charge in [0.05, 0.1) is 17.4 Å². The molecule has 9 heteroatoms. The molecule has 142 valence electrons. The second kappa shape index (κ2) is 8.59. The molecule has 1 saturated carbocycles. The maximum Gasteiger partial charge on any atom is 0.234 e. The molecule has 1 aromatic heterocycles. The zero-order valence-corrected chi connectivity index (χ0v) is 16.4. The number of nitriles is 1.